The summed E-state index contributed by atoms with van der Waals surface area (Å²) in [7, 11) is 1.60. The van der Waals surface area contributed by atoms with Gasteiger partial charge in [-0.2, -0.15) is 0 Å². The molecule has 0 bridgehead atoms. The van der Waals surface area contributed by atoms with Crippen molar-refractivity contribution in [2.45, 2.75) is 26.7 Å². The molecule has 0 aromatic heterocycles. The lowest BCUT2D eigenvalue weighted by Crippen LogP contribution is -2.19. The van der Waals surface area contributed by atoms with E-state index in [4.69, 9.17) is 9.47 Å². The summed E-state index contributed by atoms with van der Waals surface area (Å²) in [5.41, 5.74) is 0. The monoisotopic (exact) mass is 222 g/mol. The number of esters is 1. The van der Waals surface area contributed by atoms with Crippen molar-refractivity contribution in [2.24, 2.45) is 5.92 Å². The minimum Gasteiger partial charge on any atom is -0.497 e. The third-order valence-corrected chi connectivity index (χ3v) is 2.60. The zero-order chi connectivity index (χ0) is 12.0. The van der Waals surface area contributed by atoms with Gasteiger partial charge in [-0.25, -0.2) is 0 Å². The van der Waals surface area contributed by atoms with Gasteiger partial charge in [-0.1, -0.05) is 13.8 Å². The van der Waals surface area contributed by atoms with Crippen LogP contribution in [0.1, 0.15) is 26.7 Å². The fourth-order valence-electron chi connectivity index (χ4n) is 1.47. The first-order valence-electron chi connectivity index (χ1n) is 5.57. The average Bonchev–Trinajstić information content (AvgIpc) is 2.31. The molecule has 88 valence electrons. The maximum atomic E-state index is 11.7. The van der Waals surface area contributed by atoms with Crippen molar-refractivity contribution in [1.82, 2.24) is 0 Å². The van der Waals surface area contributed by atoms with Gasteiger partial charge in [-0.05, 0) is 37.1 Å². The molecule has 0 N–H and O–H groups in total. The van der Waals surface area contributed by atoms with Gasteiger partial charge < -0.3 is 9.47 Å². The Kier molecular flexibility index (Phi) is 4.83. The number of methoxy groups -OCH3 is 1. The lowest BCUT2D eigenvalue weighted by atomic mass is 10.0. The van der Waals surface area contributed by atoms with Crippen LogP contribution in [0.4, 0.5) is 0 Å². The average molecular weight is 222 g/mol. The number of rotatable bonds is 5. The molecule has 3 heteroatoms. The summed E-state index contributed by atoms with van der Waals surface area (Å²) in [6, 6.07) is 7.02. The van der Waals surface area contributed by atoms with Crippen molar-refractivity contribution < 1.29 is 14.3 Å². The van der Waals surface area contributed by atoms with Gasteiger partial charge in [-0.3, -0.25) is 4.79 Å². The topological polar surface area (TPSA) is 35.5 Å². The van der Waals surface area contributed by atoms with E-state index in [0.29, 0.717) is 5.75 Å². The lowest BCUT2D eigenvalue weighted by molar-refractivity contribution is -0.139. The highest BCUT2D eigenvalue weighted by Crippen LogP contribution is 2.19. The Hall–Kier alpha value is -1.51. The molecular formula is C13H18O3. The lowest BCUT2D eigenvalue weighted by Gasteiger charge is -2.11. The summed E-state index contributed by atoms with van der Waals surface area (Å²) in [6.45, 7) is 3.98. The van der Waals surface area contributed by atoms with E-state index >= 15 is 0 Å². The number of ether oxygens (including phenoxy) is 2. The third-order valence-electron chi connectivity index (χ3n) is 2.60. The molecule has 0 spiro atoms. The molecule has 0 radical (unpaired) electrons. The molecule has 0 saturated carbocycles. The molecule has 3 nitrogen and oxygen atoms in total. The molecule has 0 aliphatic rings. The summed E-state index contributed by atoms with van der Waals surface area (Å²) >= 11 is 0. The van der Waals surface area contributed by atoms with Crippen molar-refractivity contribution in [3.05, 3.63) is 24.3 Å². The highest BCUT2D eigenvalue weighted by atomic mass is 16.5. The van der Waals surface area contributed by atoms with Gasteiger partial charge in [0.2, 0.25) is 0 Å². The van der Waals surface area contributed by atoms with Crippen LogP contribution in [0.5, 0.6) is 11.5 Å². The molecule has 0 saturated heterocycles. The van der Waals surface area contributed by atoms with Crippen molar-refractivity contribution in [2.75, 3.05) is 7.11 Å². The van der Waals surface area contributed by atoms with Crippen LogP contribution in [-0.4, -0.2) is 13.1 Å². The zero-order valence-corrected chi connectivity index (χ0v) is 10.0. The number of hydrogen-bond acceptors (Lipinski definition) is 3. The first kappa shape index (κ1) is 12.6. The molecule has 0 unspecified atom stereocenters. The predicted molar refractivity (Wildman–Crippen MR) is 62.7 cm³/mol. The maximum absolute atomic E-state index is 11.7. The molecule has 0 aliphatic carbocycles. The molecule has 0 amide bonds. The molecular weight excluding hydrogens is 204 g/mol. The van der Waals surface area contributed by atoms with E-state index in [1.165, 1.54) is 0 Å². The quantitative estimate of drug-likeness (QED) is 0.567. The SMILES string of the molecule is CCC(CC)C(=O)Oc1ccc(OC)cc1. The fourth-order valence-corrected chi connectivity index (χ4v) is 1.47. The van der Waals surface area contributed by atoms with Gasteiger partial charge in [0.15, 0.2) is 0 Å². The highest BCUT2D eigenvalue weighted by molar-refractivity contribution is 5.75. The Bertz CT molecular complexity index is 326. The normalized spacial score (nSPS) is 10.2. The van der Waals surface area contributed by atoms with Crippen LogP contribution < -0.4 is 9.47 Å². The second kappa shape index (κ2) is 6.16. The number of benzene rings is 1. The first-order valence-corrected chi connectivity index (χ1v) is 5.57. The standard InChI is InChI=1S/C13H18O3/c1-4-10(5-2)13(14)16-12-8-6-11(15-3)7-9-12/h6-10H,4-5H2,1-3H3. The summed E-state index contributed by atoms with van der Waals surface area (Å²) < 4.78 is 10.3. The molecule has 0 fully saturated rings. The van der Waals surface area contributed by atoms with Crippen LogP contribution in [0.2, 0.25) is 0 Å². The van der Waals surface area contributed by atoms with Crippen LogP contribution in [0.15, 0.2) is 24.3 Å². The maximum Gasteiger partial charge on any atom is 0.314 e. The molecule has 0 heterocycles. The van der Waals surface area contributed by atoms with Gasteiger partial charge in [0.25, 0.3) is 0 Å². The first-order chi connectivity index (χ1) is 7.71. The van der Waals surface area contributed by atoms with Crippen LogP contribution in [0.3, 0.4) is 0 Å². The summed E-state index contributed by atoms with van der Waals surface area (Å²) in [4.78, 5) is 11.7. The third kappa shape index (κ3) is 3.26. The fraction of sp³-hybridized carbons (Fsp3) is 0.462. The van der Waals surface area contributed by atoms with E-state index in [1.54, 1.807) is 31.4 Å². The van der Waals surface area contributed by atoms with Crippen molar-refractivity contribution in [3.8, 4) is 11.5 Å². The largest absolute Gasteiger partial charge is 0.497 e. The minimum absolute atomic E-state index is 0.0119. The van der Waals surface area contributed by atoms with E-state index in [-0.39, 0.29) is 11.9 Å². The Morgan fingerprint density at radius 3 is 2.06 bits per heavy atom. The summed E-state index contributed by atoms with van der Waals surface area (Å²) in [6.07, 6.45) is 1.62. The Labute approximate surface area is 96.4 Å². The number of hydrogen-bond donors (Lipinski definition) is 0. The predicted octanol–water partition coefficient (Wildman–Crippen LogP) is 3.04. The zero-order valence-electron chi connectivity index (χ0n) is 10.0. The Morgan fingerprint density at radius 2 is 1.62 bits per heavy atom. The summed E-state index contributed by atoms with van der Waals surface area (Å²) in [5.74, 6) is 1.15. The molecule has 1 rings (SSSR count). The molecule has 1 aromatic rings. The van der Waals surface area contributed by atoms with Gasteiger partial charge in [0.05, 0.1) is 13.0 Å². The molecule has 0 atom stereocenters. The smallest absolute Gasteiger partial charge is 0.314 e. The van der Waals surface area contributed by atoms with Gasteiger partial charge in [-0.15, -0.1) is 0 Å². The van der Waals surface area contributed by atoms with Crippen LogP contribution in [0.25, 0.3) is 0 Å². The Morgan fingerprint density at radius 1 is 1.12 bits per heavy atom. The van der Waals surface area contributed by atoms with E-state index in [1.807, 2.05) is 13.8 Å². The van der Waals surface area contributed by atoms with Crippen LogP contribution in [0, 0.1) is 5.92 Å². The van der Waals surface area contributed by atoms with Gasteiger partial charge in [0, 0.05) is 0 Å². The van der Waals surface area contributed by atoms with E-state index in [2.05, 4.69) is 0 Å². The Balaban J connectivity index is 2.62. The van der Waals surface area contributed by atoms with E-state index in [0.717, 1.165) is 18.6 Å². The van der Waals surface area contributed by atoms with Crippen molar-refractivity contribution in [1.29, 1.82) is 0 Å². The van der Waals surface area contributed by atoms with Gasteiger partial charge in [0.1, 0.15) is 11.5 Å². The molecule has 1 aromatic carbocycles. The van der Waals surface area contributed by atoms with Gasteiger partial charge >= 0.3 is 5.97 Å². The second-order valence-corrected chi connectivity index (χ2v) is 3.61. The van der Waals surface area contributed by atoms with Crippen molar-refractivity contribution >= 4 is 5.97 Å². The summed E-state index contributed by atoms with van der Waals surface area (Å²) in [5, 5.41) is 0. The van der Waals surface area contributed by atoms with E-state index < -0.39 is 0 Å². The number of carbonyl (C=O) groups excluding carboxylic acids is 1. The second-order valence-electron chi connectivity index (χ2n) is 3.61. The molecule has 16 heavy (non-hydrogen) atoms. The minimum atomic E-state index is -0.157. The van der Waals surface area contributed by atoms with Crippen LogP contribution >= 0.6 is 0 Å². The highest BCUT2D eigenvalue weighted by Gasteiger charge is 2.16. The number of carbonyl (C=O) groups is 1. The van der Waals surface area contributed by atoms with Crippen LogP contribution in [-0.2, 0) is 4.79 Å². The van der Waals surface area contributed by atoms with E-state index in [9.17, 15) is 4.79 Å². The molecule has 0 aliphatic heterocycles. The van der Waals surface area contributed by atoms with Crippen molar-refractivity contribution in [3.63, 3.8) is 0 Å².